The van der Waals surface area contributed by atoms with E-state index in [-0.39, 0.29) is 10.8 Å². The molecule has 0 aliphatic carbocycles. The number of thioether (sulfide) groups is 1. The van der Waals surface area contributed by atoms with Gasteiger partial charge in [0, 0.05) is 19.2 Å². The Kier molecular flexibility index (Phi) is 4.48. The largest absolute Gasteiger partial charge is 0.288 e. The fraction of sp³-hybridized carbons (Fsp3) is 0.200. The van der Waals surface area contributed by atoms with Gasteiger partial charge in [-0.2, -0.15) is 0 Å². The van der Waals surface area contributed by atoms with Gasteiger partial charge in [-0.25, -0.2) is 4.98 Å². The highest BCUT2D eigenvalue weighted by molar-refractivity contribution is 8.13. The van der Waals surface area contributed by atoms with Gasteiger partial charge in [0.1, 0.15) is 5.69 Å². The molecule has 0 aliphatic heterocycles. The minimum Gasteiger partial charge on any atom is -0.288 e. The van der Waals surface area contributed by atoms with Crippen LogP contribution in [0.3, 0.4) is 0 Å². The molecule has 5 nitrogen and oxygen atoms in total. The minimum atomic E-state index is -0.503. The van der Waals surface area contributed by atoms with Gasteiger partial charge in [0.05, 0.1) is 16.7 Å². The first-order valence-corrected chi connectivity index (χ1v) is 5.31. The minimum absolute atomic E-state index is 0.0127. The number of pyridine rings is 1. The molecule has 0 spiro atoms. The SMILES string of the molecule is CC(=O)SCC#Cc1cc([N+](=O)[O-])ccn1. The Morgan fingerprint density at radius 3 is 3.06 bits per heavy atom. The molecule has 6 heteroatoms. The van der Waals surface area contributed by atoms with Crippen LogP contribution in [0.4, 0.5) is 5.69 Å². The average molecular weight is 236 g/mol. The van der Waals surface area contributed by atoms with Gasteiger partial charge in [-0.1, -0.05) is 17.7 Å². The van der Waals surface area contributed by atoms with Crippen molar-refractivity contribution >= 4 is 22.6 Å². The van der Waals surface area contributed by atoms with Gasteiger partial charge in [-0.15, -0.1) is 0 Å². The standard InChI is InChI=1S/C10H8N2O3S/c1-8(13)16-6-2-3-9-7-10(12(14)15)4-5-11-9/h4-5,7H,6H2,1H3. The molecule has 0 bridgehead atoms. The topological polar surface area (TPSA) is 73.1 Å². The Morgan fingerprint density at radius 1 is 1.69 bits per heavy atom. The summed E-state index contributed by atoms with van der Waals surface area (Å²) in [5.41, 5.74) is 0.289. The first-order chi connectivity index (χ1) is 7.59. The third kappa shape index (κ3) is 4.11. The maximum Gasteiger partial charge on any atom is 0.273 e. The molecule has 0 saturated heterocycles. The lowest BCUT2D eigenvalue weighted by atomic mass is 10.3. The molecule has 0 fully saturated rings. The molecule has 16 heavy (non-hydrogen) atoms. The Balaban J connectivity index is 2.70. The third-order valence-corrected chi connectivity index (χ3v) is 2.21. The van der Waals surface area contributed by atoms with Gasteiger partial charge < -0.3 is 0 Å². The first kappa shape index (κ1) is 12.2. The predicted octanol–water partition coefficient (Wildman–Crippen LogP) is 1.62. The Morgan fingerprint density at radius 2 is 2.44 bits per heavy atom. The van der Waals surface area contributed by atoms with Crippen LogP contribution in [0.15, 0.2) is 18.3 Å². The van der Waals surface area contributed by atoms with Crippen LogP contribution in [0.2, 0.25) is 0 Å². The van der Waals surface area contributed by atoms with Crippen molar-refractivity contribution in [3.8, 4) is 11.8 Å². The monoisotopic (exact) mass is 236 g/mol. The summed E-state index contributed by atoms with van der Waals surface area (Å²) in [6.07, 6.45) is 1.33. The summed E-state index contributed by atoms with van der Waals surface area (Å²) in [6, 6.07) is 2.60. The molecule has 82 valence electrons. The molecule has 1 aromatic rings. The number of nitro groups is 1. The first-order valence-electron chi connectivity index (χ1n) is 4.32. The summed E-state index contributed by atoms with van der Waals surface area (Å²) >= 11 is 1.09. The number of carbonyl (C=O) groups is 1. The molecule has 1 aromatic heterocycles. The number of hydrogen-bond donors (Lipinski definition) is 0. The van der Waals surface area contributed by atoms with E-state index in [9.17, 15) is 14.9 Å². The van der Waals surface area contributed by atoms with E-state index in [0.717, 1.165) is 11.8 Å². The summed E-state index contributed by atoms with van der Waals surface area (Å²) in [4.78, 5) is 24.4. The Hall–Kier alpha value is -1.87. The lowest BCUT2D eigenvalue weighted by Crippen LogP contribution is -1.90. The van der Waals surface area contributed by atoms with E-state index in [1.807, 2.05) is 0 Å². The summed E-state index contributed by atoms with van der Waals surface area (Å²) in [7, 11) is 0. The number of nitrogens with zero attached hydrogens (tertiary/aromatic N) is 2. The van der Waals surface area contributed by atoms with Gasteiger partial charge in [0.25, 0.3) is 5.69 Å². The van der Waals surface area contributed by atoms with E-state index in [1.54, 1.807) is 0 Å². The molecule has 1 heterocycles. The second-order valence-corrected chi connectivity index (χ2v) is 3.89. The smallest absolute Gasteiger partial charge is 0.273 e. The summed E-state index contributed by atoms with van der Waals surface area (Å²) < 4.78 is 0. The number of carbonyl (C=O) groups excluding carboxylic acids is 1. The molecule has 0 saturated carbocycles. The Labute approximate surface area is 96.4 Å². The van der Waals surface area contributed by atoms with Crippen molar-refractivity contribution in [2.75, 3.05) is 5.75 Å². The van der Waals surface area contributed by atoms with Crippen LogP contribution in [-0.2, 0) is 4.79 Å². The fourth-order valence-electron chi connectivity index (χ4n) is 0.866. The van der Waals surface area contributed by atoms with Gasteiger partial charge in [-0.3, -0.25) is 14.9 Å². The van der Waals surface area contributed by atoms with Gasteiger partial charge in [-0.05, 0) is 5.92 Å². The van der Waals surface area contributed by atoms with Crippen molar-refractivity contribution in [1.82, 2.24) is 4.98 Å². The van der Waals surface area contributed by atoms with Gasteiger partial charge in [0.2, 0.25) is 0 Å². The van der Waals surface area contributed by atoms with Crippen LogP contribution >= 0.6 is 11.8 Å². The van der Waals surface area contributed by atoms with Crippen LogP contribution in [-0.4, -0.2) is 20.8 Å². The predicted molar refractivity (Wildman–Crippen MR) is 60.9 cm³/mol. The molecule has 0 amide bonds. The normalized spacial score (nSPS) is 9.06. The summed E-state index contributed by atoms with van der Waals surface area (Å²) in [5.74, 6) is 5.72. The Bertz CT molecular complexity index is 476. The van der Waals surface area contributed by atoms with E-state index in [2.05, 4.69) is 16.8 Å². The molecule has 0 atom stereocenters. The van der Waals surface area contributed by atoms with E-state index >= 15 is 0 Å². The molecule has 0 unspecified atom stereocenters. The second kappa shape index (κ2) is 5.88. The van der Waals surface area contributed by atoms with Gasteiger partial charge in [0.15, 0.2) is 5.12 Å². The molecular formula is C10H8N2O3S. The van der Waals surface area contributed by atoms with E-state index in [1.165, 1.54) is 25.3 Å². The van der Waals surface area contributed by atoms with Crippen molar-refractivity contribution in [3.63, 3.8) is 0 Å². The van der Waals surface area contributed by atoms with Crippen LogP contribution in [0.5, 0.6) is 0 Å². The second-order valence-electron chi connectivity index (χ2n) is 2.74. The van der Waals surface area contributed by atoms with Crippen molar-refractivity contribution in [3.05, 3.63) is 34.1 Å². The molecule has 1 rings (SSSR count). The number of rotatable bonds is 2. The van der Waals surface area contributed by atoms with Crippen LogP contribution in [0.1, 0.15) is 12.6 Å². The van der Waals surface area contributed by atoms with Crippen molar-refractivity contribution < 1.29 is 9.72 Å². The molecule has 0 aliphatic rings. The number of aromatic nitrogens is 1. The maximum absolute atomic E-state index is 10.6. The van der Waals surface area contributed by atoms with Crippen molar-refractivity contribution in [2.45, 2.75) is 6.92 Å². The summed E-state index contributed by atoms with van der Waals surface area (Å²) in [6.45, 7) is 1.46. The van der Waals surface area contributed by atoms with E-state index in [0.29, 0.717) is 11.4 Å². The summed E-state index contributed by atoms with van der Waals surface area (Å²) in [5, 5.41) is 10.4. The zero-order valence-electron chi connectivity index (χ0n) is 8.47. The quantitative estimate of drug-likeness (QED) is 0.443. The molecule has 0 N–H and O–H groups in total. The lowest BCUT2D eigenvalue weighted by Gasteiger charge is -1.90. The van der Waals surface area contributed by atoms with Crippen LogP contribution in [0.25, 0.3) is 0 Å². The fourth-order valence-corrected chi connectivity index (χ4v) is 1.21. The van der Waals surface area contributed by atoms with Crippen LogP contribution in [0, 0.1) is 22.0 Å². The van der Waals surface area contributed by atoms with Crippen molar-refractivity contribution in [2.24, 2.45) is 0 Å². The van der Waals surface area contributed by atoms with E-state index < -0.39 is 4.92 Å². The third-order valence-electron chi connectivity index (χ3n) is 1.52. The average Bonchev–Trinajstić information content (AvgIpc) is 2.24. The van der Waals surface area contributed by atoms with E-state index in [4.69, 9.17) is 0 Å². The molecular weight excluding hydrogens is 228 g/mol. The van der Waals surface area contributed by atoms with Crippen LogP contribution < -0.4 is 0 Å². The maximum atomic E-state index is 10.6. The lowest BCUT2D eigenvalue weighted by molar-refractivity contribution is -0.385. The molecule has 0 aromatic carbocycles. The zero-order valence-corrected chi connectivity index (χ0v) is 9.28. The van der Waals surface area contributed by atoms with Crippen molar-refractivity contribution in [1.29, 1.82) is 0 Å². The van der Waals surface area contributed by atoms with Gasteiger partial charge >= 0.3 is 0 Å². The highest BCUT2D eigenvalue weighted by Crippen LogP contribution is 2.09. The highest BCUT2D eigenvalue weighted by Gasteiger charge is 2.04. The zero-order chi connectivity index (χ0) is 12.0. The highest BCUT2D eigenvalue weighted by atomic mass is 32.2. The number of hydrogen-bond acceptors (Lipinski definition) is 5. The molecule has 0 radical (unpaired) electrons.